The van der Waals surface area contributed by atoms with Crippen LogP contribution in [0.15, 0.2) is 18.2 Å². The first-order chi connectivity index (χ1) is 8.56. The van der Waals surface area contributed by atoms with E-state index in [-0.39, 0.29) is 11.7 Å². The molecule has 0 radical (unpaired) electrons. The molecule has 0 aliphatic carbocycles. The molecule has 0 unspecified atom stereocenters. The highest BCUT2D eigenvalue weighted by Crippen LogP contribution is 2.19. The summed E-state index contributed by atoms with van der Waals surface area (Å²) in [7, 11) is 1.78. The number of carbonyl (C=O) groups is 1. The van der Waals surface area contributed by atoms with Crippen molar-refractivity contribution in [3.05, 3.63) is 29.3 Å². The van der Waals surface area contributed by atoms with E-state index in [1.807, 2.05) is 6.92 Å². The first-order valence-corrected chi connectivity index (χ1v) is 7.29. The summed E-state index contributed by atoms with van der Waals surface area (Å²) in [5.74, 6) is -0.0621. The highest BCUT2D eigenvalue weighted by Gasteiger charge is 2.15. The van der Waals surface area contributed by atoms with Gasteiger partial charge in [0, 0.05) is 18.9 Å². The summed E-state index contributed by atoms with van der Waals surface area (Å²) in [5, 5.41) is 10.7. The molecule has 0 saturated carbocycles. The van der Waals surface area contributed by atoms with Crippen LogP contribution in [0.5, 0.6) is 5.75 Å². The number of benzene rings is 1. The Kier molecular flexibility index (Phi) is 6.19. The lowest BCUT2D eigenvalue weighted by Gasteiger charge is -2.18. The van der Waals surface area contributed by atoms with Crippen LogP contribution in [0.25, 0.3) is 0 Å². The van der Waals surface area contributed by atoms with E-state index in [2.05, 4.69) is 15.9 Å². The van der Waals surface area contributed by atoms with Crippen molar-refractivity contribution in [2.75, 3.05) is 18.9 Å². The number of phenolic OH excluding ortho intramolecular Hbond substituents is 1. The number of hydrogen-bond acceptors (Lipinski definition) is 2. The molecule has 0 fully saturated rings. The molecule has 0 aromatic heterocycles. The highest BCUT2D eigenvalue weighted by molar-refractivity contribution is 9.09. The van der Waals surface area contributed by atoms with Crippen molar-refractivity contribution in [2.24, 2.45) is 0 Å². The second-order valence-corrected chi connectivity index (χ2v) is 5.29. The molecule has 1 amide bonds. The molecule has 0 atom stereocenters. The summed E-state index contributed by atoms with van der Waals surface area (Å²) in [5.41, 5.74) is 1.36. The maximum Gasteiger partial charge on any atom is 0.257 e. The summed E-state index contributed by atoms with van der Waals surface area (Å²) in [6.07, 6.45) is 3.21. The minimum atomic E-state index is -0.116. The molecule has 1 aromatic rings. The topological polar surface area (TPSA) is 40.5 Å². The van der Waals surface area contributed by atoms with Crippen LogP contribution in [0.3, 0.4) is 0 Å². The Labute approximate surface area is 117 Å². The van der Waals surface area contributed by atoms with Gasteiger partial charge in [0.05, 0.1) is 5.56 Å². The van der Waals surface area contributed by atoms with Crippen LogP contribution in [0.1, 0.15) is 35.2 Å². The number of phenols is 1. The molecular weight excluding hydrogens is 294 g/mol. The fourth-order valence-electron chi connectivity index (χ4n) is 1.75. The lowest BCUT2D eigenvalue weighted by atomic mass is 10.1. The van der Waals surface area contributed by atoms with Gasteiger partial charge in [0.2, 0.25) is 0 Å². The van der Waals surface area contributed by atoms with E-state index in [4.69, 9.17) is 0 Å². The Balaban J connectivity index is 2.60. The van der Waals surface area contributed by atoms with E-state index < -0.39 is 0 Å². The predicted octanol–water partition coefficient (Wildman–Crippen LogP) is 3.34. The molecule has 3 nitrogen and oxygen atoms in total. The Morgan fingerprint density at radius 1 is 1.33 bits per heavy atom. The SMILES string of the molecule is Cc1ccc(O)c(C(=O)N(C)CCCCCBr)c1. The smallest absolute Gasteiger partial charge is 0.257 e. The van der Waals surface area contributed by atoms with Crippen LogP contribution < -0.4 is 0 Å². The predicted molar refractivity (Wildman–Crippen MR) is 77.4 cm³/mol. The van der Waals surface area contributed by atoms with Crippen molar-refractivity contribution in [3.63, 3.8) is 0 Å². The summed E-state index contributed by atoms with van der Waals surface area (Å²) in [6.45, 7) is 2.63. The quantitative estimate of drug-likeness (QED) is 0.646. The van der Waals surface area contributed by atoms with Crippen LogP contribution in [0.2, 0.25) is 0 Å². The van der Waals surface area contributed by atoms with Gasteiger partial charge in [-0.25, -0.2) is 0 Å². The van der Waals surface area contributed by atoms with Crippen LogP contribution in [-0.2, 0) is 0 Å². The minimum Gasteiger partial charge on any atom is -0.507 e. The van der Waals surface area contributed by atoms with Gasteiger partial charge < -0.3 is 10.0 Å². The Hall–Kier alpha value is -1.03. The monoisotopic (exact) mass is 313 g/mol. The van der Waals surface area contributed by atoms with Crippen molar-refractivity contribution in [1.29, 1.82) is 0 Å². The van der Waals surface area contributed by atoms with Gasteiger partial charge in [0.1, 0.15) is 5.75 Å². The van der Waals surface area contributed by atoms with E-state index in [9.17, 15) is 9.90 Å². The van der Waals surface area contributed by atoms with E-state index in [1.165, 1.54) is 0 Å². The lowest BCUT2D eigenvalue weighted by Crippen LogP contribution is -2.27. The van der Waals surface area contributed by atoms with Crippen LogP contribution in [-0.4, -0.2) is 34.8 Å². The number of rotatable bonds is 6. The molecular formula is C14H20BrNO2. The number of hydrogen-bond donors (Lipinski definition) is 1. The third-order valence-electron chi connectivity index (χ3n) is 2.86. The normalized spacial score (nSPS) is 10.4. The van der Waals surface area contributed by atoms with Gasteiger partial charge in [0.25, 0.3) is 5.91 Å². The Morgan fingerprint density at radius 3 is 2.72 bits per heavy atom. The van der Waals surface area contributed by atoms with Gasteiger partial charge in [-0.15, -0.1) is 0 Å². The lowest BCUT2D eigenvalue weighted by molar-refractivity contribution is 0.0789. The number of amides is 1. The minimum absolute atomic E-state index is 0.0536. The molecule has 1 rings (SSSR count). The molecule has 4 heteroatoms. The fraction of sp³-hybridized carbons (Fsp3) is 0.500. The fourth-order valence-corrected chi connectivity index (χ4v) is 2.15. The number of alkyl halides is 1. The van der Waals surface area contributed by atoms with Gasteiger partial charge in [-0.1, -0.05) is 34.0 Å². The summed E-state index contributed by atoms with van der Waals surface area (Å²) in [6, 6.07) is 5.09. The first-order valence-electron chi connectivity index (χ1n) is 6.17. The number of carbonyl (C=O) groups excluding carboxylic acids is 1. The van der Waals surface area contributed by atoms with Gasteiger partial charge in [-0.3, -0.25) is 4.79 Å². The molecule has 100 valence electrons. The second-order valence-electron chi connectivity index (χ2n) is 4.50. The maximum absolute atomic E-state index is 12.1. The summed E-state index contributed by atoms with van der Waals surface area (Å²) < 4.78 is 0. The molecule has 0 bridgehead atoms. The zero-order valence-corrected chi connectivity index (χ0v) is 12.5. The third kappa shape index (κ3) is 4.33. The van der Waals surface area contributed by atoms with Gasteiger partial charge in [0.15, 0.2) is 0 Å². The van der Waals surface area contributed by atoms with Gasteiger partial charge in [-0.2, -0.15) is 0 Å². The van der Waals surface area contributed by atoms with Crippen molar-refractivity contribution in [2.45, 2.75) is 26.2 Å². The standard InChI is InChI=1S/C14H20BrNO2/c1-11-6-7-13(17)12(10-11)14(18)16(2)9-5-3-4-8-15/h6-7,10,17H,3-5,8-9H2,1-2H3. The Morgan fingerprint density at radius 2 is 2.06 bits per heavy atom. The van der Waals surface area contributed by atoms with Crippen molar-refractivity contribution in [3.8, 4) is 5.75 Å². The molecule has 0 aliphatic heterocycles. The average molecular weight is 314 g/mol. The van der Waals surface area contributed by atoms with Crippen molar-refractivity contribution >= 4 is 21.8 Å². The van der Waals surface area contributed by atoms with Crippen LogP contribution >= 0.6 is 15.9 Å². The van der Waals surface area contributed by atoms with Crippen molar-refractivity contribution in [1.82, 2.24) is 4.90 Å². The van der Waals surface area contributed by atoms with E-state index >= 15 is 0 Å². The molecule has 1 aromatic carbocycles. The van der Waals surface area contributed by atoms with E-state index in [0.29, 0.717) is 5.56 Å². The molecule has 0 saturated heterocycles. The number of nitrogens with zero attached hydrogens (tertiary/aromatic N) is 1. The number of halogens is 1. The van der Waals surface area contributed by atoms with Crippen molar-refractivity contribution < 1.29 is 9.90 Å². The zero-order valence-electron chi connectivity index (χ0n) is 10.9. The maximum atomic E-state index is 12.1. The largest absolute Gasteiger partial charge is 0.507 e. The Bertz CT molecular complexity index is 407. The third-order valence-corrected chi connectivity index (χ3v) is 3.42. The number of aromatic hydroxyl groups is 1. The highest BCUT2D eigenvalue weighted by atomic mass is 79.9. The first kappa shape index (κ1) is 15.0. The summed E-state index contributed by atoms with van der Waals surface area (Å²) in [4.78, 5) is 13.8. The van der Waals surface area contributed by atoms with E-state index in [1.54, 1.807) is 30.1 Å². The molecule has 0 spiro atoms. The molecule has 18 heavy (non-hydrogen) atoms. The summed E-state index contributed by atoms with van der Waals surface area (Å²) >= 11 is 3.39. The number of aryl methyl sites for hydroxylation is 1. The van der Waals surface area contributed by atoms with Crippen LogP contribution in [0.4, 0.5) is 0 Å². The van der Waals surface area contributed by atoms with Gasteiger partial charge in [-0.05, 0) is 31.9 Å². The average Bonchev–Trinajstić information content (AvgIpc) is 2.36. The van der Waals surface area contributed by atoms with Gasteiger partial charge >= 0.3 is 0 Å². The molecule has 0 heterocycles. The zero-order chi connectivity index (χ0) is 13.5. The van der Waals surface area contributed by atoms with Crippen LogP contribution in [0, 0.1) is 6.92 Å². The number of unbranched alkanes of at least 4 members (excludes halogenated alkanes) is 2. The molecule has 0 aliphatic rings. The second kappa shape index (κ2) is 7.41. The molecule has 1 N–H and O–H groups in total. The van der Waals surface area contributed by atoms with E-state index in [0.717, 1.165) is 36.7 Å².